The Morgan fingerprint density at radius 3 is 2.16 bits per heavy atom. The molecule has 4 heterocycles. The van der Waals surface area contributed by atoms with Crippen molar-refractivity contribution >= 4 is 167 Å². The molecule has 18 heteroatoms. The topological polar surface area (TPSA) is 140 Å². The zero-order chi connectivity index (χ0) is 27.3. The molecule has 4 N–H and O–H groups in total. The molecule has 4 aromatic heterocycles. The molecule has 6 rings (SSSR count). The van der Waals surface area contributed by atoms with Gasteiger partial charge in [0.15, 0.2) is 0 Å². The number of rotatable bonds is 0. The summed E-state index contributed by atoms with van der Waals surface area (Å²) in [6.07, 6.45) is 3.51. The lowest BCUT2D eigenvalue weighted by molar-refractivity contribution is 0.600. The standard InChI is InChI=1S/C10H5Cl2N3.C10H7N3O2.Cl3OP.I2.HI/c11-9-6-1-2-7-5(3-4-13-7)8(6)14-10(12)15-9;14-9-6-1-2-7-5(3-4-11-7)8(6)12-10(15)13-9;1-5(2,3)4;1-2;/h1-4H,(H,14,15);1-4,11H,(H2,12,13,14,15);;;1H. The fraction of sp³-hybridized carbons (Fsp3) is 0. The van der Waals surface area contributed by atoms with Gasteiger partial charge in [0, 0.05) is 71.3 Å². The molecular weight excluding hydrogens is 961 g/mol. The predicted molar refractivity (Wildman–Crippen MR) is 187 cm³/mol. The van der Waals surface area contributed by atoms with Crippen molar-refractivity contribution < 1.29 is 4.57 Å². The number of nitrogens with one attached hydrogen (secondary N) is 4. The van der Waals surface area contributed by atoms with Crippen LogP contribution in [0.15, 0.2) is 58.4 Å². The van der Waals surface area contributed by atoms with Gasteiger partial charge < -0.3 is 15.0 Å². The first-order chi connectivity index (χ1) is 17.5. The third-order valence-corrected chi connectivity index (χ3v) is 5.23. The molecule has 6 aromatic rings. The van der Waals surface area contributed by atoms with E-state index in [1.807, 2.05) is 30.3 Å². The Kier molecular flexibility index (Phi) is 13.4. The van der Waals surface area contributed by atoms with Crippen molar-refractivity contribution in [2.75, 3.05) is 0 Å². The molecule has 0 amide bonds. The minimum absolute atomic E-state index is 0. The number of fused-ring (bicyclic) bond motifs is 6. The molecule has 0 unspecified atom stereocenters. The van der Waals surface area contributed by atoms with Gasteiger partial charge in [0.05, 0.1) is 21.9 Å². The fourth-order valence-corrected chi connectivity index (χ4v) is 3.89. The van der Waals surface area contributed by atoms with Gasteiger partial charge in [-0.3, -0.25) is 19.3 Å². The Morgan fingerprint density at radius 1 is 0.816 bits per heavy atom. The van der Waals surface area contributed by atoms with E-state index in [1.165, 1.54) is 0 Å². The Labute approximate surface area is 278 Å². The Balaban J connectivity index is 0.000000212. The van der Waals surface area contributed by atoms with E-state index in [9.17, 15) is 14.2 Å². The molecule has 0 spiro atoms. The van der Waals surface area contributed by atoms with Gasteiger partial charge in [-0.25, -0.2) is 9.78 Å². The van der Waals surface area contributed by atoms with E-state index in [1.54, 1.807) is 18.5 Å². The molecule has 0 aliphatic rings. The summed E-state index contributed by atoms with van der Waals surface area (Å²) in [5.41, 5.74) is 2.29. The van der Waals surface area contributed by atoms with Crippen molar-refractivity contribution in [2.45, 2.75) is 0 Å². The predicted octanol–water partition coefficient (Wildman–Crippen LogP) is 9.32. The first kappa shape index (κ1) is 33.9. The lowest BCUT2D eigenvalue weighted by Crippen LogP contribution is -2.21. The highest BCUT2D eigenvalue weighted by molar-refractivity contribution is 15.0. The molecule has 0 bridgehead atoms. The van der Waals surface area contributed by atoms with E-state index in [0.29, 0.717) is 16.1 Å². The molecule has 0 atom stereocenters. The second-order valence-electron chi connectivity index (χ2n) is 6.91. The van der Waals surface area contributed by atoms with Gasteiger partial charge in [-0.2, -0.15) is 0 Å². The zero-order valence-corrected chi connectivity index (χ0v) is 29.6. The van der Waals surface area contributed by atoms with Crippen LogP contribution in [0.1, 0.15) is 0 Å². The van der Waals surface area contributed by atoms with Crippen molar-refractivity contribution in [1.29, 1.82) is 0 Å². The van der Waals surface area contributed by atoms with Crippen LogP contribution in [0.4, 0.5) is 0 Å². The van der Waals surface area contributed by atoms with Crippen LogP contribution in [0.2, 0.25) is 10.4 Å². The third kappa shape index (κ3) is 8.83. The molecule has 0 saturated carbocycles. The molecule has 38 heavy (non-hydrogen) atoms. The number of hydrogen-bond donors (Lipinski definition) is 4. The van der Waals surface area contributed by atoms with Crippen LogP contribution in [0.3, 0.4) is 0 Å². The van der Waals surface area contributed by atoms with Gasteiger partial charge >= 0.3 is 10.9 Å². The molecule has 0 aliphatic carbocycles. The number of hydrogen-bond acceptors (Lipinski definition) is 5. The molecule has 0 saturated heterocycles. The van der Waals surface area contributed by atoms with Crippen LogP contribution in [-0.2, 0) is 4.57 Å². The van der Waals surface area contributed by atoms with Crippen molar-refractivity contribution in [3.05, 3.63) is 80.1 Å². The van der Waals surface area contributed by atoms with Crippen molar-refractivity contribution in [1.82, 2.24) is 29.9 Å². The minimum atomic E-state index is -3.22. The van der Waals surface area contributed by atoms with Crippen molar-refractivity contribution in [3.63, 3.8) is 0 Å². The van der Waals surface area contributed by atoms with Gasteiger partial charge in [-0.05, 0) is 81.7 Å². The van der Waals surface area contributed by atoms with Crippen LogP contribution in [0.25, 0.3) is 43.6 Å². The molecular formula is C20H13Cl5I3N6O3P. The van der Waals surface area contributed by atoms with Crippen LogP contribution in [-0.4, -0.2) is 29.9 Å². The second-order valence-corrected chi connectivity index (χ2v) is 14.3. The third-order valence-electron chi connectivity index (χ3n) is 4.75. The van der Waals surface area contributed by atoms with E-state index in [-0.39, 0.29) is 34.8 Å². The monoisotopic (exact) mass is 972 g/mol. The number of nitrogens with zero attached hydrogens (tertiary/aromatic N) is 2. The van der Waals surface area contributed by atoms with Crippen LogP contribution >= 0.6 is 123 Å². The van der Waals surface area contributed by atoms with Crippen molar-refractivity contribution in [3.8, 4) is 0 Å². The Bertz CT molecular complexity index is 1860. The molecule has 0 fully saturated rings. The van der Waals surface area contributed by atoms with E-state index in [0.717, 1.165) is 32.7 Å². The fourth-order valence-electron chi connectivity index (χ4n) is 3.42. The van der Waals surface area contributed by atoms with E-state index in [4.69, 9.17) is 23.2 Å². The molecule has 0 aliphatic heterocycles. The largest absolute Gasteiger partial charge is 0.361 e. The van der Waals surface area contributed by atoms with Crippen molar-refractivity contribution in [2.24, 2.45) is 0 Å². The molecule has 202 valence electrons. The lowest BCUT2D eigenvalue weighted by atomic mass is 10.2. The summed E-state index contributed by atoms with van der Waals surface area (Å²) < 4.78 is 9.51. The summed E-state index contributed by atoms with van der Waals surface area (Å²) in [5.74, 6) is 0. The highest BCUT2D eigenvalue weighted by Gasteiger charge is 2.08. The van der Waals surface area contributed by atoms with Crippen LogP contribution in [0, 0.1) is 0 Å². The summed E-state index contributed by atoms with van der Waals surface area (Å²) in [6, 6.07) is 11.0. The molecule has 2 aromatic carbocycles. The van der Waals surface area contributed by atoms with Crippen LogP contribution in [0.5, 0.6) is 0 Å². The molecule has 9 nitrogen and oxygen atoms in total. The van der Waals surface area contributed by atoms with Gasteiger partial charge in [0.25, 0.3) is 5.56 Å². The first-order valence-corrected chi connectivity index (χ1v) is 21.1. The zero-order valence-electron chi connectivity index (χ0n) is 18.2. The quantitative estimate of drug-likeness (QED) is 0.0520. The summed E-state index contributed by atoms with van der Waals surface area (Å²) in [5, 5.41) is 0.693. The summed E-state index contributed by atoms with van der Waals surface area (Å²) in [4.78, 5) is 41.6. The highest BCUT2D eigenvalue weighted by Crippen LogP contribution is 2.61. The van der Waals surface area contributed by atoms with Gasteiger partial charge in [-0.15, -0.1) is 24.0 Å². The average molecular weight is 974 g/mol. The maximum Gasteiger partial charge on any atom is 0.339 e. The van der Waals surface area contributed by atoms with Gasteiger partial charge in [-0.1, -0.05) is 11.6 Å². The maximum atomic E-state index is 11.5. The van der Waals surface area contributed by atoms with Gasteiger partial charge in [0.2, 0.25) is 5.28 Å². The maximum absolute atomic E-state index is 11.5. The normalized spacial score (nSPS) is 10.6. The number of H-pyrrole nitrogens is 4. The smallest absolute Gasteiger partial charge is 0.339 e. The van der Waals surface area contributed by atoms with E-state index < -0.39 is 10.9 Å². The number of aromatic amines is 4. The number of aromatic nitrogens is 6. The summed E-state index contributed by atoms with van der Waals surface area (Å²) in [6.45, 7) is 0. The van der Waals surface area contributed by atoms with E-state index in [2.05, 4.69) is 101 Å². The number of benzene rings is 2. The minimum Gasteiger partial charge on any atom is -0.361 e. The number of halogens is 8. The first-order valence-electron chi connectivity index (χ1n) is 9.65. The summed E-state index contributed by atoms with van der Waals surface area (Å²) in [7, 11) is 0. The molecule has 0 radical (unpaired) electrons. The van der Waals surface area contributed by atoms with Crippen LogP contribution < -0.4 is 11.2 Å². The Morgan fingerprint density at radius 2 is 1.47 bits per heavy atom. The highest BCUT2D eigenvalue weighted by atomic mass is 128. The second kappa shape index (κ2) is 15.1. The lowest BCUT2D eigenvalue weighted by Gasteiger charge is -2.02. The average Bonchev–Trinajstić information content (AvgIpc) is 3.49. The SMILES string of the molecule is Clc1nc2c(ccc3nccc32)c(Cl)[nH]1.I.II.O=P(Cl)(Cl)Cl.O=c1[nH]c(=O)c2ccc3[nH]ccc3c2[nH]1. The van der Waals surface area contributed by atoms with E-state index >= 15 is 0 Å². The Hall–Kier alpha value is -0.330. The summed E-state index contributed by atoms with van der Waals surface area (Å²) >= 11 is 29.9. The van der Waals surface area contributed by atoms with Gasteiger partial charge in [0.1, 0.15) is 5.15 Å².